The number of carbonyl (C=O) groups is 1. The third kappa shape index (κ3) is 2.94. The van der Waals surface area contributed by atoms with Crippen molar-refractivity contribution in [2.24, 2.45) is 0 Å². The van der Waals surface area contributed by atoms with Gasteiger partial charge in [0.15, 0.2) is 5.16 Å². The number of fused-ring (bicyclic) bond motifs is 1. The van der Waals surface area contributed by atoms with E-state index in [0.29, 0.717) is 22.2 Å². The van der Waals surface area contributed by atoms with Gasteiger partial charge >= 0.3 is 0 Å². The molecule has 2 aromatic carbocycles. The van der Waals surface area contributed by atoms with Crippen LogP contribution in [0.15, 0.2) is 53.7 Å². The van der Waals surface area contributed by atoms with E-state index in [-0.39, 0.29) is 5.91 Å². The van der Waals surface area contributed by atoms with Crippen molar-refractivity contribution in [1.82, 2.24) is 9.55 Å². The van der Waals surface area contributed by atoms with E-state index in [0.717, 1.165) is 11.0 Å². The highest BCUT2D eigenvalue weighted by Gasteiger charge is 2.18. The number of aromatic nitrogens is 2. The summed E-state index contributed by atoms with van der Waals surface area (Å²) >= 11 is 1.37. The second-order valence-corrected chi connectivity index (χ2v) is 5.69. The molecule has 114 valence electrons. The summed E-state index contributed by atoms with van der Waals surface area (Å²) in [7, 11) is 1.59. The van der Waals surface area contributed by atoms with Gasteiger partial charge in [-0.15, -0.1) is 6.42 Å². The molecular formula is C18H14N2O2S. The Kier molecular flexibility index (Phi) is 4.35. The average molecular weight is 322 g/mol. The predicted octanol–water partition coefficient (Wildman–Crippen LogP) is 3.46. The number of hydrogen-bond donors (Lipinski definition) is 0. The standard InChI is InChI=1S/C18H14N2O2S/c1-3-12-23-18-19-15-6-4-5-7-16(15)20(18)17(21)13-8-10-14(22-2)11-9-13/h1,4-11H,12H2,2H3. The van der Waals surface area contributed by atoms with Crippen molar-refractivity contribution in [2.45, 2.75) is 5.16 Å². The number of ether oxygens (including phenoxy) is 1. The van der Waals surface area contributed by atoms with E-state index in [1.54, 1.807) is 35.9 Å². The van der Waals surface area contributed by atoms with Crippen LogP contribution in [-0.2, 0) is 0 Å². The first-order valence-electron chi connectivity index (χ1n) is 6.97. The van der Waals surface area contributed by atoms with Crippen LogP contribution in [0.3, 0.4) is 0 Å². The number of hydrogen-bond acceptors (Lipinski definition) is 4. The lowest BCUT2D eigenvalue weighted by atomic mass is 10.2. The summed E-state index contributed by atoms with van der Waals surface area (Å²) in [6.45, 7) is 0. The molecular weight excluding hydrogens is 308 g/mol. The molecule has 0 fully saturated rings. The van der Waals surface area contributed by atoms with Crippen molar-refractivity contribution in [3.8, 4) is 18.1 Å². The summed E-state index contributed by atoms with van der Waals surface area (Å²) in [5, 5.41) is 0.602. The van der Waals surface area contributed by atoms with E-state index in [1.807, 2.05) is 24.3 Å². The molecule has 3 rings (SSSR count). The van der Waals surface area contributed by atoms with E-state index in [1.165, 1.54) is 11.8 Å². The van der Waals surface area contributed by atoms with E-state index < -0.39 is 0 Å². The highest BCUT2D eigenvalue weighted by Crippen LogP contribution is 2.25. The third-order valence-electron chi connectivity index (χ3n) is 3.35. The highest BCUT2D eigenvalue weighted by atomic mass is 32.2. The van der Waals surface area contributed by atoms with Gasteiger partial charge in [0.05, 0.1) is 23.9 Å². The largest absolute Gasteiger partial charge is 0.497 e. The van der Waals surface area contributed by atoms with Gasteiger partial charge < -0.3 is 4.74 Å². The Hall–Kier alpha value is -2.71. The number of thioether (sulfide) groups is 1. The number of para-hydroxylation sites is 2. The third-order valence-corrected chi connectivity index (χ3v) is 4.20. The quantitative estimate of drug-likeness (QED) is 0.545. The second kappa shape index (κ2) is 6.59. The lowest BCUT2D eigenvalue weighted by Gasteiger charge is -2.07. The average Bonchev–Trinajstić information content (AvgIpc) is 2.97. The Bertz CT molecular complexity index is 892. The molecule has 0 radical (unpaired) electrons. The molecule has 0 N–H and O–H groups in total. The van der Waals surface area contributed by atoms with Gasteiger partial charge in [-0.1, -0.05) is 29.8 Å². The maximum absolute atomic E-state index is 12.9. The van der Waals surface area contributed by atoms with Crippen LogP contribution in [0.1, 0.15) is 10.4 Å². The molecule has 0 saturated heterocycles. The number of terminal acetylenes is 1. The van der Waals surface area contributed by atoms with Gasteiger partial charge in [-0.05, 0) is 36.4 Å². The monoisotopic (exact) mass is 322 g/mol. The van der Waals surface area contributed by atoms with Crippen LogP contribution in [0.5, 0.6) is 5.75 Å². The number of rotatable bonds is 4. The molecule has 3 aromatic rings. The molecule has 0 amide bonds. The van der Waals surface area contributed by atoms with Crippen LogP contribution in [0.4, 0.5) is 0 Å². The summed E-state index contributed by atoms with van der Waals surface area (Å²) in [5.41, 5.74) is 2.11. The molecule has 0 aliphatic heterocycles. The Labute approximate surface area is 138 Å². The zero-order valence-corrected chi connectivity index (χ0v) is 13.3. The van der Waals surface area contributed by atoms with Crippen molar-refractivity contribution in [1.29, 1.82) is 0 Å². The topological polar surface area (TPSA) is 44.1 Å². The minimum atomic E-state index is -0.138. The molecule has 0 unspecified atom stereocenters. The fourth-order valence-electron chi connectivity index (χ4n) is 2.27. The van der Waals surface area contributed by atoms with Gasteiger partial charge in [-0.2, -0.15) is 0 Å². The minimum absolute atomic E-state index is 0.138. The van der Waals surface area contributed by atoms with Crippen LogP contribution in [0.2, 0.25) is 0 Å². The maximum atomic E-state index is 12.9. The van der Waals surface area contributed by atoms with Crippen molar-refractivity contribution in [2.75, 3.05) is 12.9 Å². The van der Waals surface area contributed by atoms with Crippen molar-refractivity contribution < 1.29 is 9.53 Å². The maximum Gasteiger partial charge on any atom is 0.264 e. The van der Waals surface area contributed by atoms with E-state index in [4.69, 9.17) is 11.2 Å². The Balaban J connectivity index is 2.08. The van der Waals surface area contributed by atoms with Gasteiger partial charge in [0.1, 0.15) is 5.75 Å². The molecule has 0 atom stereocenters. The van der Waals surface area contributed by atoms with Crippen molar-refractivity contribution in [3.05, 3.63) is 54.1 Å². The molecule has 5 heteroatoms. The minimum Gasteiger partial charge on any atom is -0.497 e. The molecule has 4 nitrogen and oxygen atoms in total. The van der Waals surface area contributed by atoms with Crippen LogP contribution in [0.25, 0.3) is 11.0 Å². The number of benzene rings is 2. The summed E-state index contributed by atoms with van der Waals surface area (Å²) < 4.78 is 6.74. The van der Waals surface area contributed by atoms with E-state index in [9.17, 15) is 4.79 Å². The second-order valence-electron chi connectivity index (χ2n) is 4.74. The van der Waals surface area contributed by atoms with Crippen molar-refractivity contribution in [3.63, 3.8) is 0 Å². The highest BCUT2D eigenvalue weighted by molar-refractivity contribution is 7.99. The molecule has 1 aromatic heterocycles. The van der Waals surface area contributed by atoms with Crippen LogP contribution >= 0.6 is 11.8 Å². The van der Waals surface area contributed by atoms with Gasteiger partial charge in [-0.3, -0.25) is 9.36 Å². The predicted molar refractivity (Wildman–Crippen MR) is 92.0 cm³/mol. The number of imidazole rings is 1. The molecule has 0 bridgehead atoms. The molecule has 0 aliphatic rings. The van der Waals surface area contributed by atoms with Crippen molar-refractivity contribution >= 4 is 28.7 Å². The zero-order chi connectivity index (χ0) is 16.2. The molecule has 0 aliphatic carbocycles. The number of methoxy groups -OCH3 is 1. The normalized spacial score (nSPS) is 10.4. The summed E-state index contributed by atoms with van der Waals surface area (Å²) in [6, 6.07) is 14.6. The van der Waals surface area contributed by atoms with Crippen LogP contribution in [0, 0.1) is 12.3 Å². The fraction of sp³-hybridized carbons (Fsp3) is 0.111. The Morgan fingerprint density at radius 2 is 2.00 bits per heavy atom. The Morgan fingerprint density at radius 1 is 1.26 bits per heavy atom. The summed E-state index contributed by atoms with van der Waals surface area (Å²) in [4.78, 5) is 17.4. The van der Waals surface area contributed by atoms with Gasteiger partial charge in [0, 0.05) is 5.56 Å². The first-order valence-corrected chi connectivity index (χ1v) is 7.95. The zero-order valence-electron chi connectivity index (χ0n) is 12.5. The van der Waals surface area contributed by atoms with Crippen LogP contribution < -0.4 is 4.74 Å². The number of carbonyl (C=O) groups excluding carboxylic acids is 1. The SMILES string of the molecule is C#CCSc1nc2ccccc2n1C(=O)c1ccc(OC)cc1. The van der Waals surface area contributed by atoms with Crippen LogP contribution in [-0.4, -0.2) is 28.3 Å². The molecule has 0 saturated carbocycles. The van der Waals surface area contributed by atoms with Gasteiger partial charge in [0.2, 0.25) is 0 Å². The van der Waals surface area contributed by atoms with Gasteiger partial charge in [-0.25, -0.2) is 4.98 Å². The van der Waals surface area contributed by atoms with E-state index >= 15 is 0 Å². The molecule has 0 spiro atoms. The first kappa shape index (κ1) is 15.2. The summed E-state index contributed by atoms with van der Waals surface area (Å²) in [6.07, 6.45) is 5.33. The first-order chi connectivity index (χ1) is 11.2. The number of nitrogens with zero attached hydrogens (tertiary/aromatic N) is 2. The Morgan fingerprint density at radius 3 is 2.70 bits per heavy atom. The van der Waals surface area contributed by atoms with E-state index in [2.05, 4.69) is 10.9 Å². The lowest BCUT2D eigenvalue weighted by molar-refractivity contribution is 0.0955. The van der Waals surface area contributed by atoms with Gasteiger partial charge in [0.25, 0.3) is 5.91 Å². The fourth-order valence-corrected chi connectivity index (χ4v) is 2.95. The molecule has 1 heterocycles. The lowest BCUT2D eigenvalue weighted by Crippen LogP contribution is -2.13. The molecule has 23 heavy (non-hydrogen) atoms. The summed E-state index contributed by atoms with van der Waals surface area (Å²) in [5.74, 6) is 3.59. The smallest absolute Gasteiger partial charge is 0.264 e.